The van der Waals surface area contributed by atoms with Crippen molar-refractivity contribution in [2.45, 2.75) is 25.8 Å². The van der Waals surface area contributed by atoms with Crippen molar-refractivity contribution in [3.8, 4) is 0 Å². The van der Waals surface area contributed by atoms with Crippen molar-refractivity contribution < 1.29 is 8.78 Å². The molecule has 1 N–H and O–H groups in total. The van der Waals surface area contributed by atoms with E-state index < -0.39 is 11.6 Å². The smallest absolute Gasteiger partial charge is 0.258 e. The Morgan fingerprint density at radius 1 is 1.25 bits per heavy atom. The molecular formula is C14H12F2N2OS. The molecule has 2 aromatic rings. The van der Waals surface area contributed by atoms with Crippen LogP contribution in [0.1, 0.15) is 23.2 Å². The van der Waals surface area contributed by atoms with Gasteiger partial charge in [0.15, 0.2) is 16.4 Å². The molecule has 0 unspecified atom stereocenters. The minimum Gasteiger partial charge on any atom is -0.335 e. The molecule has 0 amide bonds. The van der Waals surface area contributed by atoms with Crippen molar-refractivity contribution in [3.63, 3.8) is 0 Å². The summed E-state index contributed by atoms with van der Waals surface area (Å²) in [6, 6.07) is 3.59. The van der Waals surface area contributed by atoms with Crippen LogP contribution in [-0.4, -0.2) is 9.55 Å². The SMILES string of the molecule is O=c1c2c([nH]c(=S)n1Cc1ccc(F)c(F)c1)CCC2. The molecule has 0 saturated carbocycles. The number of fused-ring (bicyclic) bond motifs is 1. The fourth-order valence-electron chi connectivity index (χ4n) is 2.53. The zero-order valence-corrected chi connectivity index (χ0v) is 11.4. The van der Waals surface area contributed by atoms with Crippen molar-refractivity contribution in [3.05, 3.63) is 61.8 Å². The number of aromatic nitrogens is 2. The van der Waals surface area contributed by atoms with Gasteiger partial charge < -0.3 is 4.98 Å². The number of nitrogens with zero attached hydrogens (tertiary/aromatic N) is 1. The van der Waals surface area contributed by atoms with Crippen LogP contribution in [0.3, 0.4) is 0 Å². The highest BCUT2D eigenvalue weighted by Gasteiger charge is 2.17. The molecule has 1 heterocycles. The summed E-state index contributed by atoms with van der Waals surface area (Å²) in [6.45, 7) is 0.138. The molecule has 0 atom stereocenters. The summed E-state index contributed by atoms with van der Waals surface area (Å²) >= 11 is 5.18. The summed E-state index contributed by atoms with van der Waals surface area (Å²) in [4.78, 5) is 15.4. The molecule has 104 valence electrons. The van der Waals surface area contributed by atoms with Gasteiger partial charge in [0.25, 0.3) is 5.56 Å². The van der Waals surface area contributed by atoms with Crippen LogP contribution in [-0.2, 0) is 19.4 Å². The van der Waals surface area contributed by atoms with Crippen molar-refractivity contribution >= 4 is 12.2 Å². The zero-order valence-electron chi connectivity index (χ0n) is 10.6. The molecule has 0 aliphatic heterocycles. The van der Waals surface area contributed by atoms with Gasteiger partial charge in [-0.1, -0.05) is 6.07 Å². The van der Waals surface area contributed by atoms with Gasteiger partial charge in [0, 0.05) is 11.3 Å². The lowest BCUT2D eigenvalue weighted by atomic mass is 10.2. The average molecular weight is 294 g/mol. The Balaban J connectivity index is 2.05. The number of H-pyrrole nitrogens is 1. The summed E-state index contributed by atoms with van der Waals surface area (Å²) in [6.07, 6.45) is 2.50. The predicted octanol–water partition coefficient (Wildman–Crippen LogP) is 2.72. The molecular weight excluding hydrogens is 282 g/mol. The van der Waals surface area contributed by atoms with Crippen molar-refractivity contribution in [1.82, 2.24) is 9.55 Å². The van der Waals surface area contributed by atoms with E-state index in [0.717, 1.165) is 42.7 Å². The summed E-state index contributed by atoms with van der Waals surface area (Å²) < 4.78 is 27.8. The molecule has 20 heavy (non-hydrogen) atoms. The Kier molecular flexibility index (Phi) is 3.25. The fourth-order valence-corrected chi connectivity index (χ4v) is 2.80. The van der Waals surface area contributed by atoms with E-state index in [1.54, 1.807) is 0 Å². The molecule has 0 spiro atoms. The number of halogens is 2. The highest BCUT2D eigenvalue weighted by Crippen LogP contribution is 2.16. The number of hydrogen-bond acceptors (Lipinski definition) is 2. The van der Waals surface area contributed by atoms with Gasteiger partial charge in [-0.05, 0) is 49.2 Å². The number of hydrogen-bond donors (Lipinski definition) is 1. The first-order valence-corrected chi connectivity index (χ1v) is 6.76. The monoisotopic (exact) mass is 294 g/mol. The van der Waals surface area contributed by atoms with Crippen molar-refractivity contribution in [2.75, 3.05) is 0 Å². The predicted molar refractivity (Wildman–Crippen MR) is 73.4 cm³/mol. The lowest BCUT2D eigenvalue weighted by Crippen LogP contribution is -2.26. The maximum absolute atomic E-state index is 13.2. The molecule has 0 radical (unpaired) electrons. The molecule has 0 bridgehead atoms. The fraction of sp³-hybridized carbons (Fsp3) is 0.286. The highest BCUT2D eigenvalue weighted by molar-refractivity contribution is 7.71. The molecule has 1 aliphatic carbocycles. The number of aromatic amines is 1. The van der Waals surface area contributed by atoms with Gasteiger partial charge in [0.2, 0.25) is 0 Å². The quantitative estimate of drug-likeness (QED) is 0.865. The molecule has 0 saturated heterocycles. The zero-order chi connectivity index (χ0) is 14.3. The minimum atomic E-state index is -0.924. The van der Waals surface area contributed by atoms with Crippen LogP contribution in [0.15, 0.2) is 23.0 Å². The molecule has 1 aliphatic rings. The molecule has 3 rings (SSSR count). The largest absolute Gasteiger partial charge is 0.335 e. The Morgan fingerprint density at radius 3 is 2.80 bits per heavy atom. The molecule has 1 aromatic carbocycles. The van der Waals surface area contributed by atoms with Crippen LogP contribution in [0, 0.1) is 16.4 Å². The van der Waals surface area contributed by atoms with Gasteiger partial charge in [0.1, 0.15) is 0 Å². The first-order valence-electron chi connectivity index (χ1n) is 6.35. The normalized spacial score (nSPS) is 13.5. The van der Waals surface area contributed by atoms with Gasteiger partial charge in [-0.3, -0.25) is 9.36 Å². The Hall–Kier alpha value is -1.82. The molecule has 1 aromatic heterocycles. The second-order valence-corrected chi connectivity index (χ2v) is 5.27. The van der Waals surface area contributed by atoms with Gasteiger partial charge >= 0.3 is 0 Å². The Bertz CT molecular complexity index is 795. The van der Waals surface area contributed by atoms with Crippen LogP contribution < -0.4 is 5.56 Å². The molecule has 0 fully saturated rings. The molecule has 3 nitrogen and oxygen atoms in total. The Labute approximate surface area is 118 Å². The van der Waals surface area contributed by atoms with Crippen LogP contribution in [0.2, 0.25) is 0 Å². The standard InChI is InChI=1S/C14H12F2N2OS/c15-10-5-4-8(6-11(10)16)7-18-13(19)9-2-1-3-12(9)17-14(18)20/h4-6H,1-3,7H2,(H,17,20). The van der Waals surface area contributed by atoms with Crippen LogP contribution in [0.4, 0.5) is 8.78 Å². The third-order valence-electron chi connectivity index (χ3n) is 3.55. The minimum absolute atomic E-state index is 0.133. The third kappa shape index (κ3) is 2.20. The van der Waals surface area contributed by atoms with Gasteiger partial charge in [-0.25, -0.2) is 8.78 Å². The molecule has 6 heteroatoms. The van der Waals surface area contributed by atoms with E-state index in [1.165, 1.54) is 10.6 Å². The number of aryl methyl sites for hydroxylation is 1. The van der Waals surface area contributed by atoms with E-state index in [9.17, 15) is 13.6 Å². The number of nitrogens with one attached hydrogen (secondary N) is 1. The second kappa shape index (κ2) is 4.94. The van der Waals surface area contributed by atoms with Gasteiger partial charge in [-0.2, -0.15) is 0 Å². The number of rotatable bonds is 2. The maximum atomic E-state index is 13.2. The Morgan fingerprint density at radius 2 is 2.05 bits per heavy atom. The van der Waals surface area contributed by atoms with E-state index in [2.05, 4.69) is 4.98 Å². The van der Waals surface area contributed by atoms with Crippen molar-refractivity contribution in [1.29, 1.82) is 0 Å². The van der Waals surface area contributed by atoms with Crippen molar-refractivity contribution in [2.24, 2.45) is 0 Å². The first kappa shape index (κ1) is 13.2. The van der Waals surface area contributed by atoms with Gasteiger partial charge in [0.05, 0.1) is 6.54 Å². The van der Waals surface area contributed by atoms with E-state index in [1.807, 2.05) is 0 Å². The summed E-state index contributed by atoms with van der Waals surface area (Å²) in [7, 11) is 0. The topological polar surface area (TPSA) is 37.8 Å². The number of benzene rings is 1. The average Bonchev–Trinajstić information content (AvgIpc) is 2.87. The van der Waals surface area contributed by atoms with Crippen LogP contribution >= 0.6 is 12.2 Å². The van der Waals surface area contributed by atoms with E-state index >= 15 is 0 Å². The van der Waals surface area contributed by atoms with E-state index in [4.69, 9.17) is 12.2 Å². The highest BCUT2D eigenvalue weighted by atomic mass is 32.1. The van der Waals surface area contributed by atoms with Crippen LogP contribution in [0.25, 0.3) is 0 Å². The summed E-state index contributed by atoms with van der Waals surface area (Å²) in [5.74, 6) is -1.83. The lowest BCUT2D eigenvalue weighted by molar-refractivity contribution is 0.506. The van der Waals surface area contributed by atoms with E-state index in [0.29, 0.717) is 10.3 Å². The maximum Gasteiger partial charge on any atom is 0.258 e. The van der Waals surface area contributed by atoms with E-state index in [-0.39, 0.29) is 12.1 Å². The summed E-state index contributed by atoms with van der Waals surface area (Å²) in [5.41, 5.74) is 2.03. The second-order valence-electron chi connectivity index (χ2n) is 4.88. The van der Waals surface area contributed by atoms with Crippen LogP contribution in [0.5, 0.6) is 0 Å². The van der Waals surface area contributed by atoms with Gasteiger partial charge in [-0.15, -0.1) is 0 Å². The first-order chi connectivity index (χ1) is 9.56. The lowest BCUT2D eigenvalue weighted by Gasteiger charge is -2.09. The third-order valence-corrected chi connectivity index (χ3v) is 3.87. The summed E-state index contributed by atoms with van der Waals surface area (Å²) in [5, 5.41) is 0.